The van der Waals surface area contributed by atoms with Crippen molar-refractivity contribution in [2.24, 2.45) is 0 Å². The normalized spacial score (nSPS) is 13.6. The quantitative estimate of drug-likeness (QED) is 0.0211. The minimum absolute atomic E-state index is 0.0317. The van der Waals surface area contributed by atoms with Crippen LogP contribution < -0.4 is 0 Å². The third-order valence-corrected chi connectivity index (χ3v) is 18.1. The van der Waals surface area contributed by atoms with Gasteiger partial charge in [0.1, 0.15) is 19.8 Å². The number of carbonyl (C=O) groups excluding carboxylic acids is 2. The van der Waals surface area contributed by atoms with Gasteiger partial charge in [-0.15, -0.1) is 0 Å². The van der Waals surface area contributed by atoms with Crippen LogP contribution in [0.3, 0.4) is 0 Å². The Bertz CT molecular complexity index is 1880. The summed E-state index contributed by atoms with van der Waals surface area (Å²) in [5.74, 6) is -0.781. The fraction of sp³-hybridized carbons (Fsp3) is 0.780. The van der Waals surface area contributed by atoms with Gasteiger partial charge in [0.15, 0.2) is 6.10 Å². The predicted octanol–water partition coefficient (Wildman–Crippen LogP) is 25.8. The van der Waals surface area contributed by atoms with Crippen LogP contribution in [0.1, 0.15) is 361 Å². The van der Waals surface area contributed by atoms with E-state index in [1.54, 1.807) is 0 Å². The topological polar surface area (TPSA) is 108 Å². The minimum Gasteiger partial charge on any atom is -0.462 e. The van der Waals surface area contributed by atoms with Gasteiger partial charge in [0.05, 0.1) is 27.7 Å². The maximum Gasteiger partial charge on any atom is 0.472 e. The SMILES string of the molecule is CC/C=C\C/C=C\C/C=C\C/C=C\C/C=C\C/C=C\C/C=C\CCCCCCCCCCCCCCCCCCCCCC(=O)OC(COC(=O)CCCCCCCCCCCCCCCCC/C=C\CCCCCCCCCC)COP(=O)(O)OCC[N+](C)(C)C. The van der Waals surface area contributed by atoms with Crippen LogP contribution >= 0.6 is 7.82 Å². The van der Waals surface area contributed by atoms with E-state index in [0.29, 0.717) is 23.9 Å². The van der Waals surface area contributed by atoms with E-state index in [1.807, 2.05) is 21.1 Å². The molecule has 0 bridgehead atoms. The highest BCUT2D eigenvalue weighted by Gasteiger charge is 2.27. The van der Waals surface area contributed by atoms with E-state index in [0.717, 1.165) is 77.0 Å². The molecule has 1 N–H and O–H groups in total. The summed E-state index contributed by atoms with van der Waals surface area (Å²) in [6.45, 7) is 4.37. The zero-order valence-corrected chi connectivity index (χ0v) is 61.9. The molecule has 0 spiro atoms. The lowest BCUT2D eigenvalue weighted by atomic mass is 10.0. The highest BCUT2D eigenvalue weighted by molar-refractivity contribution is 7.47. The van der Waals surface area contributed by atoms with E-state index in [1.165, 1.54) is 250 Å². The Balaban J connectivity index is 3.95. The molecule has 0 rings (SSSR count). The van der Waals surface area contributed by atoms with Crippen molar-refractivity contribution >= 4 is 19.8 Å². The number of hydrogen-bond donors (Lipinski definition) is 1. The van der Waals surface area contributed by atoms with E-state index >= 15 is 0 Å². The van der Waals surface area contributed by atoms with Crippen molar-refractivity contribution in [3.05, 3.63) is 97.2 Å². The standard InChI is InChI=1S/C82H148NO8P/c1-6-8-10-12-14-16-18-20-22-24-26-28-30-32-34-35-36-37-38-39-40-41-42-43-44-45-46-47-49-51-53-55-57-59-61-63-65-67-69-71-73-75-82(85)91-80(79-90-92(86,87)89-77-76-83(3,4)5)78-88-81(84)74-72-70-68-66-64-62-60-58-56-54-52-50-48-33-31-29-27-25-23-21-19-17-15-13-11-9-7-2/h8,10,14,16,20,22,25-28,32,34,36-37,39-40,80H,6-7,9,11-13,15,17-19,21,23-24,29-31,33,35,38,41-79H2,1-5H3/p+1/b10-8-,16-14-,22-20-,27-25-,28-26-,34-32-,37-36-,40-39-. The molecule has 534 valence electrons. The summed E-state index contributed by atoms with van der Waals surface area (Å²) < 4.78 is 34.8. The summed E-state index contributed by atoms with van der Waals surface area (Å²) in [6.07, 6.45) is 101. The third-order valence-electron chi connectivity index (χ3n) is 17.1. The van der Waals surface area contributed by atoms with E-state index in [4.69, 9.17) is 18.5 Å². The maximum absolute atomic E-state index is 12.9. The van der Waals surface area contributed by atoms with Crippen molar-refractivity contribution in [1.29, 1.82) is 0 Å². The predicted molar refractivity (Wildman–Crippen MR) is 399 cm³/mol. The first kappa shape index (κ1) is 88.9. The van der Waals surface area contributed by atoms with Crippen LogP contribution in [0.5, 0.6) is 0 Å². The second-order valence-electron chi connectivity index (χ2n) is 27.4. The number of esters is 2. The summed E-state index contributed by atoms with van der Waals surface area (Å²) in [4.78, 5) is 36.0. The number of carbonyl (C=O) groups is 2. The molecule has 0 fully saturated rings. The first-order chi connectivity index (χ1) is 45.0. The van der Waals surface area contributed by atoms with Gasteiger partial charge in [-0.1, -0.05) is 349 Å². The fourth-order valence-electron chi connectivity index (χ4n) is 11.2. The molecule has 0 radical (unpaired) electrons. The highest BCUT2D eigenvalue weighted by Crippen LogP contribution is 2.43. The van der Waals surface area contributed by atoms with Gasteiger partial charge in [-0.05, 0) is 96.3 Å². The molecule has 0 aliphatic carbocycles. The van der Waals surface area contributed by atoms with Crippen LogP contribution in [0, 0.1) is 0 Å². The lowest BCUT2D eigenvalue weighted by Crippen LogP contribution is -2.37. The molecule has 0 saturated carbocycles. The monoisotopic (exact) mass is 1310 g/mol. The molecule has 9 nitrogen and oxygen atoms in total. The number of rotatable bonds is 72. The van der Waals surface area contributed by atoms with E-state index in [9.17, 15) is 19.0 Å². The van der Waals surface area contributed by atoms with Gasteiger partial charge in [-0.3, -0.25) is 18.6 Å². The molecule has 2 atom stereocenters. The van der Waals surface area contributed by atoms with Crippen LogP contribution in [-0.4, -0.2) is 74.9 Å². The number of phosphoric ester groups is 1. The van der Waals surface area contributed by atoms with E-state index < -0.39 is 26.5 Å². The molecule has 0 aromatic rings. The zero-order valence-electron chi connectivity index (χ0n) is 61.0. The second-order valence-corrected chi connectivity index (χ2v) is 28.8. The Hall–Kier alpha value is -3.07. The fourth-order valence-corrected chi connectivity index (χ4v) is 11.9. The molecule has 0 aliphatic heterocycles. The van der Waals surface area contributed by atoms with Crippen molar-refractivity contribution in [3.63, 3.8) is 0 Å². The summed E-state index contributed by atoms with van der Waals surface area (Å²) in [6, 6.07) is 0. The maximum atomic E-state index is 12.9. The molecule has 0 amide bonds. The van der Waals surface area contributed by atoms with Crippen LogP contribution in [0.2, 0.25) is 0 Å². The van der Waals surface area contributed by atoms with Crippen LogP contribution in [0.25, 0.3) is 0 Å². The average Bonchev–Trinajstić information content (AvgIpc) is 2.23. The number of phosphoric acid groups is 1. The van der Waals surface area contributed by atoms with Crippen molar-refractivity contribution in [3.8, 4) is 0 Å². The Morgan fingerprint density at radius 2 is 0.620 bits per heavy atom. The van der Waals surface area contributed by atoms with Crippen LogP contribution in [0.4, 0.5) is 0 Å². The van der Waals surface area contributed by atoms with Crippen LogP contribution in [-0.2, 0) is 32.7 Å². The minimum atomic E-state index is -4.40. The molecular weight excluding hydrogens is 1160 g/mol. The summed E-state index contributed by atoms with van der Waals surface area (Å²) in [5.41, 5.74) is 0. The Morgan fingerprint density at radius 3 is 0.935 bits per heavy atom. The first-order valence-electron chi connectivity index (χ1n) is 39.0. The summed E-state index contributed by atoms with van der Waals surface area (Å²) in [5, 5.41) is 0. The number of unbranched alkanes of at least 4 members (excludes halogenated alkanes) is 42. The highest BCUT2D eigenvalue weighted by atomic mass is 31.2. The second kappa shape index (κ2) is 72.2. The number of nitrogens with zero attached hydrogens (tertiary/aromatic N) is 1. The van der Waals surface area contributed by atoms with Gasteiger partial charge in [0.2, 0.25) is 0 Å². The number of ether oxygens (including phenoxy) is 2. The first-order valence-corrected chi connectivity index (χ1v) is 40.5. The molecule has 92 heavy (non-hydrogen) atoms. The molecular formula is C82H149NO8P+. The number of quaternary nitrogens is 1. The van der Waals surface area contributed by atoms with Gasteiger partial charge in [-0.2, -0.15) is 0 Å². The van der Waals surface area contributed by atoms with E-state index in [2.05, 4.69) is 111 Å². The van der Waals surface area contributed by atoms with Gasteiger partial charge < -0.3 is 18.9 Å². The Kier molecular flexibility index (Phi) is 69.8. The van der Waals surface area contributed by atoms with Crippen molar-refractivity contribution in [1.82, 2.24) is 0 Å². The molecule has 0 aliphatic rings. The molecule has 2 unspecified atom stereocenters. The molecule has 0 saturated heterocycles. The summed E-state index contributed by atoms with van der Waals surface area (Å²) in [7, 11) is 1.49. The van der Waals surface area contributed by atoms with Gasteiger partial charge in [0.25, 0.3) is 0 Å². The summed E-state index contributed by atoms with van der Waals surface area (Å²) >= 11 is 0. The van der Waals surface area contributed by atoms with Crippen molar-refractivity contribution in [2.75, 3.05) is 47.5 Å². The van der Waals surface area contributed by atoms with Gasteiger partial charge in [0, 0.05) is 12.8 Å². The molecule has 10 heteroatoms. The van der Waals surface area contributed by atoms with Crippen molar-refractivity contribution < 1.29 is 42.1 Å². The largest absolute Gasteiger partial charge is 0.472 e. The zero-order chi connectivity index (χ0) is 66.9. The lowest BCUT2D eigenvalue weighted by molar-refractivity contribution is -0.870. The van der Waals surface area contributed by atoms with E-state index in [-0.39, 0.29) is 25.6 Å². The number of hydrogen-bond acceptors (Lipinski definition) is 7. The molecule has 0 aromatic heterocycles. The number of allylic oxidation sites excluding steroid dienone is 16. The molecule has 0 heterocycles. The van der Waals surface area contributed by atoms with Gasteiger partial charge >= 0.3 is 19.8 Å². The Labute approximate surface area is 570 Å². The van der Waals surface area contributed by atoms with Crippen LogP contribution in [0.15, 0.2) is 97.2 Å². The molecule has 0 aromatic carbocycles. The third kappa shape index (κ3) is 76.0. The lowest BCUT2D eigenvalue weighted by Gasteiger charge is -2.24. The smallest absolute Gasteiger partial charge is 0.462 e. The number of likely N-dealkylation sites (N-methyl/N-ethyl adjacent to an activating group) is 1. The van der Waals surface area contributed by atoms with Crippen molar-refractivity contribution in [2.45, 2.75) is 367 Å². The average molecular weight is 1310 g/mol. The van der Waals surface area contributed by atoms with Gasteiger partial charge in [-0.25, -0.2) is 4.57 Å². The Morgan fingerprint density at radius 1 is 0.348 bits per heavy atom.